The van der Waals surface area contributed by atoms with Crippen LogP contribution in [-0.4, -0.2) is 47.4 Å². The number of nitrogens with one attached hydrogen (secondary N) is 1. The molecule has 0 aliphatic carbocycles. The third-order valence-electron chi connectivity index (χ3n) is 17.3. The van der Waals surface area contributed by atoms with E-state index in [0.29, 0.717) is 19.4 Å². The summed E-state index contributed by atoms with van der Waals surface area (Å²) in [4.78, 5) is 24.5. The fourth-order valence-corrected chi connectivity index (χ4v) is 11.6. The number of ether oxygens (including phenoxy) is 1. The number of amides is 1. The lowest BCUT2D eigenvalue weighted by Crippen LogP contribution is -2.45. The van der Waals surface area contributed by atoms with E-state index in [0.717, 1.165) is 51.4 Å². The minimum absolute atomic E-state index is 0.0117. The average molecular weight is 1170 g/mol. The number of rotatable bonds is 70. The Morgan fingerprint density at radius 1 is 0.337 bits per heavy atom. The van der Waals surface area contributed by atoms with Gasteiger partial charge in [-0.2, -0.15) is 0 Å². The summed E-state index contributed by atoms with van der Waals surface area (Å²) in [6.45, 7) is 4.91. The molecule has 0 aromatic heterocycles. The molecule has 0 heterocycles. The van der Waals surface area contributed by atoms with Crippen LogP contribution in [0.3, 0.4) is 0 Å². The van der Waals surface area contributed by atoms with Crippen LogP contribution < -0.4 is 5.32 Å². The lowest BCUT2D eigenvalue weighted by molar-refractivity contribution is -0.143. The molecule has 6 heteroatoms. The highest BCUT2D eigenvalue weighted by Crippen LogP contribution is 2.18. The Morgan fingerprint density at radius 2 is 0.602 bits per heavy atom. The predicted octanol–water partition coefficient (Wildman–Crippen LogP) is 24.4. The van der Waals surface area contributed by atoms with Crippen molar-refractivity contribution in [3.05, 3.63) is 48.6 Å². The second kappa shape index (κ2) is 72.3. The number of carbonyl (C=O) groups is 2. The molecule has 0 fully saturated rings. The quantitative estimate of drug-likeness (QED) is 0.0320. The van der Waals surface area contributed by atoms with Gasteiger partial charge in [-0.25, -0.2) is 0 Å². The first-order chi connectivity index (χ1) is 41.0. The van der Waals surface area contributed by atoms with Gasteiger partial charge in [0.25, 0.3) is 0 Å². The predicted molar refractivity (Wildman–Crippen MR) is 366 cm³/mol. The first-order valence-electron chi connectivity index (χ1n) is 37.4. The standard InChI is InChI=1S/C77H145NO5/c1-3-5-7-9-11-13-15-17-47-51-55-59-63-67-71-77(82)83-72-68-64-60-56-52-48-44-42-40-38-36-34-32-30-28-26-24-22-20-18-19-21-23-25-27-29-31-33-35-37-39-41-43-46-50-54-58-62-66-70-76(81)78-74(73-79)75(80)69-65-61-57-53-49-45-16-14-12-10-8-6-4-2/h15,17-19,22,24,65,69,74-75,79-80H,3-14,16,20-21,23,25-64,66-68,70-73H2,1-2H3,(H,78,81)/b17-15-,19-18-,24-22-,69-65+. The molecular weight excluding hydrogens is 1020 g/mol. The molecule has 0 aromatic carbocycles. The van der Waals surface area contributed by atoms with Gasteiger partial charge in [0, 0.05) is 12.8 Å². The minimum Gasteiger partial charge on any atom is -0.466 e. The summed E-state index contributed by atoms with van der Waals surface area (Å²) in [6.07, 6.45) is 95.1. The Hall–Kier alpha value is -2.18. The molecular formula is C77H145NO5. The molecule has 2 unspecified atom stereocenters. The van der Waals surface area contributed by atoms with Gasteiger partial charge in [-0.05, 0) is 89.9 Å². The van der Waals surface area contributed by atoms with Crippen LogP contribution in [0.25, 0.3) is 0 Å². The van der Waals surface area contributed by atoms with Crippen LogP contribution in [0.5, 0.6) is 0 Å². The van der Waals surface area contributed by atoms with E-state index >= 15 is 0 Å². The SMILES string of the molecule is CCCCCCC/C=C\CCCCCCCC(=O)OCCCCCCCCCCCCCCCCC/C=C\C/C=C\CCCCCCCCCCCCCCCCCCCC(=O)NC(CO)C(O)/C=C/CCCCCCCCCCCCC. The van der Waals surface area contributed by atoms with E-state index in [9.17, 15) is 19.8 Å². The Balaban J connectivity index is 3.36. The smallest absolute Gasteiger partial charge is 0.305 e. The van der Waals surface area contributed by atoms with Gasteiger partial charge in [0.2, 0.25) is 5.91 Å². The monoisotopic (exact) mass is 1160 g/mol. The molecule has 488 valence electrons. The Morgan fingerprint density at radius 3 is 0.928 bits per heavy atom. The molecule has 83 heavy (non-hydrogen) atoms. The average Bonchev–Trinajstić information content (AvgIpc) is 3.49. The van der Waals surface area contributed by atoms with E-state index in [-0.39, 0.29) is 18.5 Å². The van der Waals surface area contributed by atoms with E-state index in [1.165, 1.54) is 327 Å². The fourth-order valence-electron chi connectivity index (χ4n) is 11.6. The molecule has 2 atom stereocenters. The number of aliphatic hydroxyl groups is 2. The Bertz CT molecular complexity index is 1390. The first kappa shape index (κ1) is 80.8. The Labute approximate surface area is 518 Å². The van der Waals surface area contributed by atoms with Gasteiger partial charge in [0.15, 0.2) is 0 Å². The van der Waals surface area contributed by atoms with Crippen LogP contribution in [0.2, 0.25) is 0 Å². The van der Waals surface area contributed by atoms with Crippen LogP contribution in [0, 0.1) is 0 Å². The summed E-state index contributed by atoms with van der Waals surface area (Å²) in [6, 6.07) is -0.625. The molecule has 0 rings (SSSR count). The number of carbonyl (C=O) groups excluding carboxylic acids is 2. The van der Waals surface area contributed by atoms with Gasteiger partial charge in [0.05, 0.1) is 25.4 Å². The number of esters is 1. The highest BCUT2D eigenvalue weighted by Gasteiger charge is 2.18. The fraction of sp³-hybridized carbons (Fsp3) is 0.870. The third kappa shape index (κ3) is 68.8. The lowest BCUT2D eigenvalue weighted by atomic mass is 10.0. The van der Waals surface area contributed by atoms with Crippen LogP contribution in [0.15, 0.2) is 48.6 Å². The van der Waals surface area contributed by atoms with Crippen molar-refractivity contribution < 1.29 is 24.5 Å². The zero-order chi connectivity index (χ0) is 59.9. The molecule has 0 radical (unpaired) electrons. The van der Waals surface area contributed by atoms with E-state index < -0.39 is 12.1 Å². The maximum absolute atomic E-state index is 12.5. The maximum atomic E-state index is 12.5. The van der Waals surface area contributed by atoms with Crippen molar-refractivity contribution in [2.45, 2.75) is 418 Å². The molecule has 0 aliphatic heterocycles. The van der Waals surface area contributed by atoms with E-state index in [1.807, 2.05) is 6.08 Å². The number of allylic oxidation sites excluding steroid dienone is 7. The second-order valence-corrected chi connectivity index (χ2v) is 25.6. The number of hydrogen-bond acceptors (Lipinski definition) is 5. The Kier molecular flexibility index (Phi) is 70.4. The van der Waals surface area contributed by atoms with Gasteiger partial charge in [-0.1, -0.05) is 351 Å². The molecule has 0 spiro atoms. The maximum Gasteiger partial charge on any atom is 0.305 e. The molecule has 0 aliphatic rings. The van der Waals surface area contributed by atoms with Crippen molar-refractivity contribution in [2.75, 3.05) is 13.2 Å². The third-order valence-corrected chi connectivity index (χ3v) is 17.3. The van der Waals surface area contributed by atoms with Gasteiger partial charge in [0.1, 0.15) is 0 Å². The van der Waals surface area contributed by atoms with Crippen molar-refractivity contribution in [2.24, 2.45) is 0 Å². The summed E-state index contributed by atoms with van der Waals surface area (Å²) < 4.78 is 5.49. The number of hydrogen-bond donors (Lipinski definition) is 3. The van der Waals surface area contributed by atoms with E-state index in [4.69, 9.17) is 4.74 Å². The molecule has 0 aromatic rings. The van der Waals surface area contributed by atoms with Crippen LogP contribution in [0.1, 0.15) is 406 Å². The van der Waals surface area contributed by atoms with E-state index in [1.54, 1.807) is 6.08 Å². The summed E-state index contributed by atoms with van der Waals surface area (Å²) in [7, 11) is 0. The highest BCUT2D eigenvalue weighted by atomic mass is 16.5. The van der Waals surface area contributed by atoms with Crippen molar-refractivity contribution >= 4 is 11.9 Å². The summed E-state index contributed by atoms with van der Waals surface area (Å²) in [5.74, 6) is -0.0520. The zero-order valence-electron chi connectivity index (χ0n) is 55.9. The highest BCUT2D eigenvalue weighted by molar-refractivity contribution is 5.76. The molecule has 6 nitrogen and oxygen atoms in total. The minimum atomic E-state index is -0.842. The summed E-state index contributed by atoms with van der Waals surface area (Å²) in [5.41, 5.74) is 0. The van der Waals surface area contributed by atoms with Gasteiger partial charge >= 0.3 is 5.97 Å². The molecule has 1 amide bonds. The molecule has 0 saturated heterocycles. The van der Waals surface area contributed by atoms with Gasteiger partial charge in [-0.3, -0.25) is 9.59 Å². The van der Waals surface area contributed by atoms with Crippen molar-refractivity contribution in [3.8, 4) is 0 Å². The zero-order valence-corrected chi connectivity index (χ0v) is 55.9. The van der Waals surface area contributed by atoms with Crippen molar-refractivity contribution in [3.63, 3.8) is 0 Å². The van der Waals surface area contributed by atoms with E-state index in [2.05, 4.69) is 55.6 Å². The largest absolute Gasteiger partial charge is 0.466 e. The van der Waals surface area contributed by atoms with Crippen molar-refractivity contribution in [1.29, 1.82) is 0 Å². The first-order valence-corrected chi connectivity index (χ1v) is 37.4. The van der Waals surface area contributed by atoms with Crippen LogP contribution in [0.4, 0.5) is 0 Å². The molecule has 3 N–H and O–H groups in total. The lowest BCUT2D eigenvalue weighted by Gasteiger charge is -2.20. The van der Waals surface area contributed by atoms with Gasteiger partial charge < -0.3 is 20.3 Å². The molecule has 0 saturated carbocycles. The van der Waals surface area contributed by atoms with Crippen LogP contribution >= 0.6 is 0 Å². The summed E-state index contributed by atoms with van der Waals surface area (Å²) in [5, 5.41) is 23.1. The second-order valence-electron chi connectivity index (χ2n) is 25.6. The topological polar surface area (TPSA) is 95.9 Å². The number of aliphatic hydroxyl groups excluding tert-OH is 2. The van der Waals surface area contributed by atoms with Crippen LogP contribution in [-0.2, 0) is 14.3 Å². The normalized spacial score (nSPS) is 12.8. The van der Waals surface area contributed by atoms with Gasteiger partial charge in [-0.15, -0.1) is 0 Å². The molecule has 0 bridgehead atoms. The number of unbranched alkanes of at least 4 members (excludes halogenated alkanes) is 53. The van der Waals surface area contributed by atoms with Crippen molar-refractivity contribution in [1.82, 2.24) is 5.32 Å². The summed E-state index contributed by atoms with van der Waals surface area (Å²) >= 11 is 0.